The van der Waals surface area contributed by atoms with Gasteiger partial charge in [-0.15, -0.1) is 0 Å². The van der Waals surface area contributed by atoms with Crippen molar-refractivity contribution in [3.63, 3.8) is 0 Å². The summed E-state index contributed by atoms with van der Waals surface area (Å²) in [6, 6.07) is 3.53. The molecule has 1 saturated carbocycles. The third kappa shape index (κ3) is 1.95. The smallest absolute Gasteiger partial charge is 0.314 e. The predicted octanol–water partition coefficient (Wildman–Crippen LogP) is 3.36. The lowest BCUT2D eigenvalue weighted by Gasteiger charge is -2.26. The molecule has 0 spiro atoms. The summed E-state index contributed by atoms with van der Waals surface area (Å²) < 4.78 is 0.815. The van der Waals surface area contributed by atoms with E-state index < -0.39 is 11.4 Å². The van der Waals surface area contributed by atoms with Gasteiger partial charge >= 0.3 is 5.97 Å². The fourth-order valence-corrected chi connectivity index (χ4v) is 3.25. The van der Waals surface area contributed by atoms with Crippen molar-refractivity contribution in [2.24, 2.45) is 0 Å². The lowest BCUT2D eigenvalue weighted by Crippen LogP contribution is -2.32. The number of hydrogen-bond acceptors (Lipinski definition) is 2. The van der Waals surface area contributed by atoms with Crippen molar-refractivity contribution in [3.05, 3.63) is 27.7 Å². The molecular formula is C13H15BrO3. The van der Waals surface area contributed by atoms with Crippen LogP contribution >= 0.6 is 15.9 Å². The molecule has 3 nitrogen and oxygen atoms in total. The molecule has 1 fully saturated rings. The molecule has 0 atom stereocenters. The zero-order valence-electron chi connectivity index (χ0n) is 9.66. The van der Waals surface area contributed by atoms with Gasteiger partial charge in [-0.2, -0.15) is 0 Å². The van der Waals surface area contributed by atoms with Gasteiger partial charge in [-0.3, -0.25) is 4.79 Å². The maximum absolute atomic E-state index is 11.6. The fraction of sp³-hybridized carbons (Fsp3) is 0.462. The predicted molar refractivity (Wildman–Crippen MR) is 68.3 cm³/mol. The van der Waals surface area contributed by atoms with Crippen LogP contribution in [0.25, 0.3) is 0 Å². The van der Waals surface area contributed by atoms with Crippen LogP contribution in [-0.4, -0.2) is 16.2 Å². The molecule has 2 N–H and O–H groups in total. The van der Waals surface area contributed by atoms with Gasteiger partial charge in [0.2, 0.25) is 0 Å². The van der Waals surface area contributed by atoms with Gasteiger partial charge in [-0.25, -0.2) is 0 Å². The average molecular weight is 299 g/mol. The maximum Gasteiger partial charge on any atom is 0.314 e. The standard InChI is InChI=1S/C13H15BrO3/c1-8-6-9(14)7-10(11(8)15)13(12(16)17)4-2-3-5-13/h6-7,15H,2-5H2,1H3,(H,16,17). The topological polar surface area (TPSA) is 57.5 Å². The first-order valence-corrected chi connectivity index (χ1v) is 6.50. The molecule has 0 radical (unpaired) electrons. The van der Waals surface area contributed by atoms with Gasteiger partial charge in [-0.1, -0.05) is 28.8 Å². The molecule has 1 aliphatic carbocycles. The zero-order valence-corrected chi connectivity index (χ0v) is 11.2. The van der Waals surface area contributed by atoms with Crippen LogP contribution < -0.4 is 0 Å². The molecule has 1 aromatic carbocycles. The highest BCUT2D eigenvalue weighted by Gasteiger charge is 2.44. The molecule has 17 heavy (non-hydrogen) atoms. The van der Waals surface area contributed by atoms with Crippen molar-refractivity contribution in [3.8, 4) is 5.75 Å². The molecule has 0 bridgehead atoms. The number of phenolic OH excluding ortho intramolecular Hbond substituents is 1. The second kappa shape index (κ2) is 4.33. The first kappa shape index (κ1) is 12.4. The number of aryl methyl sites for hydroxylation is 1. The van der Waals surface area contributed by atoms with Crippen LogP contribution in [0.15, 0.2) is 16.6 Å². The van der Waals surface area contributed by atoms with Crippen LogP contribution in [0.5, 0.6) is 5.75 Å². The molecule has 0 aliphatic heterocycles. The summed E-state index contributed by atoms with van der Waals surface area (Å²) in [4.78, 5) is 11.6. The van der Waals surface area contributed by atoms with Crippen molar-refractivity contribution < 1.29 is 15.0 Å². The number of aromatic hydroxyl groups is 1. The Hall–Kier alpha value is -1.03. The van der Waals surface area contributed by atoms with E-state index in [-0.39, 0.29) is 5.75 Å². The highest BCUT2D eigenvalue weighted by Crippen LogP contribution is 2.46. The van der Waals surface area contributed by atoms with Crippen molar-refractivity contribution in [1.82, 2.24) is 0 Å². The van der Waals surface area contributed by atoms with E-state index in [2.05, 4.69) is 15.9 Å². The van der Waals surface area contributed by atoms with E-state index in [0.717, 1.165) is 17.3 Å². The normalized spacial score (nSPS) is 18.2. The number of benzene rings is 1. The lowest BCUT2D eigenvalue weighted by atomic mass is 9.78. The van der Waals surface area contributed by atoms with E-state index in [0.29, 0.717) is 24.0 Å². The van der Waals surface area contributed by atoms with E-state index >= 15 is 0 Å². The summed E-state index contributed by atoms with van der Waals surface area (Å²) in [5.74, 6) is -0.708. The highest BCUT2D eigenvalue weighted by atomic mass is 79.9. The van der Waals surface area contributed by atoms with E-state index in [1.165, 1.54) is 0 Å². The number of hydrogen-bond donors (Lipinski definition) is 2. The van der Waals surface area contributed by atoms with Gasteiger partial charge < -0.3 is 10.2 Å². The number of halogens is 1. The minimum absolute atomic E-state index is 0.123. The average Bonchev–Trinajstić information content (AvgIpc) is 2.73. The Morgan fingerprint density at radius 2 is 1.94 bits per heavy atom. The maximum atomic E-state index is 11.6. The van der Waals surface area contributed by atoms with Crippen LogP contribution in [0.2, 0.25) is 0 Å². The molecule has 92 valence electrons. The Labute approximate surface area is 109 Å². The first-order chi connectivity index (χ1) is 7.97. The van der Waals surface area contributed by atoms with Crippen molar-refractivity contribution in [1.29, 1.82) is 0 Å². The molecule has 0 heterocycles. The number of carbonyl (C=O) groups is 1. The highest BCUT2D eigenvalue weighted by molar-refractivity contribution is 9.10. The molecule has 0 unspecified atom stereocenters. The number of rotatable bonds is 2. The van der Waals surface area contributed by atoms with E-state index in [1.807, 2.05) is 0 Å². The van der Waals surface area contributed by atoms with Crippen LogP contribution in [0.3, 0.4) is 0 Å². The van der Waals surface area contributed by atoms with Crippen LogP contribution in [-0.2, 0) is 10.2 Å². The number of aliphatic carboxylic acids is 1. The fourth-order valence-electron chi connectivity index (χ4n) is 2.68. The minimum atomic E-state index is -0.904. The van der Waals surface area contributed by atoms with E-state index in [1.54, 1.807) is 19.1 Å². The van der Waals surface area contributed by atoms with E-state index in [9.17, 15) is 15.0 Å². The van der Waals surface area contributed by atoms with Gasteiger partial charge in [0.1, 0.15) is 5.75 Å². The molecular weight excluding hydrogens is 284 g/mol. The van der Waals surface area contributed by atoms with Crippen molar-refractivity contribution in [2.45, 2.75) is 38.0 Å². The Morgan fingerprint density at radius 1 is 1.35 bits per heavy atom. The second-order valence-corrected chi connectivity index (χ2v) is 5.63. The van der Waals surface area contributed by atoms with Gasteiger partial charge in [-0.05, 0) is 37.5 Å². The number of carboxylic acid groups (broad SMARTS) is 1. The molecule has 1 aliphatic rings. The molecule has 0 amide bonds. The number of carboxylic acids is 1. The summed E-state index contributed by atoms with van der Waals surface area (Å²) in [6.45, 7) is 1.79. The third-order valence-corrected chi connectivity index (χ3v) is 4.11. The summed E-state index contributed by atoms with van der Waals surface area (Å²) in [5, 5.41) is 19.6. The van der Waals surface area contributed by atoms with Crippen LogP contribution in [0.4, 0.5) is 0 Å². The summed E-state index contributed by atoms with van der Waals surface area (Å²) in [6.07, 6.45) is 3.01. The molecule has 1 aromatic rings. The Kier molecular flexibility index (Phi) is 3.17. The molecule has 4 heteroatoms. The number of phenols is 1. The largest absolute Gasteiger partial charge is 0.507 e. The third-order valence-electron chi connectivity index (χ3n) is 3.65. The quantitative estimate of drug-likeness (QED) is 0.880. The summed E-state index contributed by atoms with van der Waals surface area (Å²) in [5.41, 5.74) is 0.356. The Balaban J connectivity index is 2.62. The SMILES string of the molecule is Cc1cc(Br)cc(C2(C(=O)O)CCCC2)c1O. The monoisotopic (exact) mass is 298 g/mol. The Bertz CT molecular complexity index is 462. The zero-order chi connectivity index (χ0) is 12.6. The summed E-state index contributed by atoms with van der Waals surface area (Å²) >= 11 is 3.36. The molecule has 2 rings (SSSR count). The molecule has 0 saturated heterocycles. The second-order valence-electron chi connectivity index (χ2n) is 4.71. The van der Waals surface area contributed by atoms with Gasteiger partial charge in [0, 0.05) is 10.0 Å². The van der Waals surface area contributed by atoms with E-state index in [4.69, 9.17) is 0 Å². The molecule has 0 aromatic heterocycles. The van der Waals surface area contributed by atoms with Gasteiger partial charge in [0.05, 0.1) is 5.41 Å². The summed E-state index contributed by atoms with van der Waals surface area (Å²) in [7, 11) is 0. The van der Waals surface area contributed by atoms with Gasteiger partial charge in [0.15, 0.2) is 0 Å². The van der Waals surface area contributed by atoms with Gasteiger partial charge in [0.25, 0.3) is 0 Å². The van der Waals surface area contributed by atoms with Crippen molar-refractivity contribution in [2.75, 3.05) is 0 Å². The Morgan fingerprint density at radius 3 is 2.47 bits per heavy atom. The van der Waals surface area contributed by atoms with Crippen LogP contribution in [0, 0.1) is 6.92 Å². The minimum Gasteiger partial charge on any atom is -0.507 e. The van der Waals surface area contributed by atoms with Crippen molar-refractivity contribution >= 4 is 21.9 Å². The van der Waals surface area contributed by atoms with Crippen LogP contribution in [0.1, 0.15) is 36.8 Å². The first-order valence-electron chi connectivity index (χ1n) is 5.70. The lowest BCUT2D eigenvalue weighted by molar-refractivity contribution is -0.143.